The fourth-order valence-electron chi connectivity index (χ4n) is 5.48. The third-order valence-electron chi connectivity index (χ3n) is 6.66. The van der Waals surface area contributed by atoms with Crippen molar-refractivity contribution in [3.8, 4) is 11.4 Å². The van der Waals surface area contributed by atoms with Gasteiger partial charge in [0.05, 0.1) is 24.2 Å². The van der Waals surface area contributed by atoms with Gasteiger partial charge in [-0.2, -0.15) is 5.10 Å². The number of anilines is 1. The molecule has 0 atom stereocenters. The van der Waals surface area contributed by atoms with Crippen LogP contribution in [0.25, 0.3) is 22.3 Å². The molecule has 3 aromatic rings. The number of nitrogens with zero attached hydrogens (tertiary/aromatic N) is 1. The van der Waals surface area contributed by atoms with Crippen LogP contribution in [0.15, 0.2) is 18.3 Å². The van der Waals surface area contributed by atoms with Gasteiger partial charge in [-0.1, -0.05) is 26.7 Å². The molecule has 0 unspecified atom stereocenters. The van der Waals surface area contributed by atoms with Crippen LogP contribution >= 0.6 is 0 Å². The summed E-state index contributed by atoms with van der Waals surface area (Å²) in [5.74, 6) is 0. The Morgan fingerprint density at radius 1 is 1.11 bits per heavy atom. The van der Waals surface area contributed by atoms with E-state index in [0.717, 1.165) is 38.7 Å². The number of rotatable bonds is 4. The second-order valence-electron chi connectivity index (χ2n) is 8.50. The van der Waals surface area contributed by atoms with Gasteiger partial charge in [0.1, 0.15) is 6.73 Å². The molecule has 0 saturated heterocycles. The van der Waals surface area contributed by atoms with E-state index in [-0.39, 0.29) is 5.41 Å². The van der Waals surface area contributed by atoms with Gasteiger partial charge >= 0.3 is 0 Å². The van der Waals surface area contributed by atoms with Crippen LogP contribution < -0.4 is 5.32 Å². The predicted octanol–water partition coefficient (Wildman–Crippen LogP) is 5.28. The molecule has 1 aromatic carbocycles. The summed E-state index contributed by atoms with van der Waals surface area (Å²) in [6.07, 6.45) is 9.98. The van der Waals surface area contributed by atoms with Crippen molar-refractivity contribution < 1.29 is 4.74 Å². The average molecular weight is 379 g/mol. The first-order chi connectivity index (χ1) is 13.8. The lowest BCUT2D eigenvalue weighted by Crippen LogP contribution is -2.31. The second kappa shape index (κ2) is 6.96. The lowest BCUT2D eigenvalue weighted by Gasteiger charge is -2.33. The smallest absolute Gasteiger partial charge is 0.116 e. The highest BCUT2D eigenvalue weighted by Gasteiger charge is 2.35. The predicted molar refractivity (Wildman–Crippen MR) is 114 cm³/mol. The maximum atomic E-state index is 6.04. The van der Waals surface area contributed by atoms with E-state index in [9.17, 15) is 0 Å². The number of hydrogen-bond donors (Lipinski definition) is 3. The zero-order valence-corrected chi connectivity index (χ0v) is 17.0. The summed E-state index contributed by atoms with van der Waals surface area (Å²) in [5, 5.41) is 12.4. The molecule has 5 nitrogen and oxygen atoms in total. The van der Waals surface area contributed by atoms with E-state index >= 15 is 0 Å². The monoisotopic (exact) mass is 378 g/mol. The van der Waals surface area contributed by atoms with Crippen LogP contribution in [0.4, 0.5) is 5.69 Å². The van der Waals surface area contributed by atoms with Crippen LogP contribution in [0.3, 0.4) is 0 Å². The number of aromatic amines is 2. The molecule has 1 aliphatic carbocycles. The SMILES string of the molecule is CCCC1(CCC)COCNc2cc3c4c([nH]c3cc21)-c1[nH]ncc1CCC4. The minimum Gasteiger partial charge on any atom is -0.362 e. The number of H-pyrrole nitrogens is 2. The normalized spacial score (nSPS) is 17.9. The summed E-state index contributed by atoms with van der Waals surface area (Å²) in [4.78, 5) is 3.75. The van der Waals surface area contributed by atoms with Crippen LogP contribution in [0.2, 0.25) is 0 Å². The van der Waals surface area contributed by atoms with Crippen molar-refractivity contribution in [1.29, 1.82) is 0 Å². The van der Waals surface area contributed by atoms with Crippen molar-refractivity contribution in [1.82, 2.24) is 15.2 Å². The number of benzene rings is 1. The molecule has 148 valence electrons. The van der Waals surface area contributed by atoms with E-state index in [1.165, 1.54) is 57.5 Å². The van der Waals surface area contributed by atoms with Gasteiger partial charge in [-0.15, -0.1) is 0 Å². The van der Waals surface area contributed by atoms with E-state index in [1.807, 2.05) is 6.20 Å². The third-order valence-corrected chi connectivity index (χ3v) is 6.66. The molecule has 0 amide bonds. The molecule has 0 spiro atoms. The fourth-order valence-corrected chi connectivity index (χ4v) is 5.48. The van der Waals surface area contributed by atoms with Crippen LogP contribution in [0.1, 0.15) is 62.6 Å². The van der Waals surface area contributed by atoms with Gasteiger partial charge in [-0.25, -0.2) is 0 Å². The molecule has 3 N–H and O–H groups in total. The number of nitrogens with one attached hydrogen (secondary N) is 3. The first kappa shape index (κ1) is 17.8. The second-order valence-corrected chi connectivity index (χ2v) is 8.50. The summed E-state index contributed by atoms with van der Waals surface area (Å²) in [6, 6.07) is 4.78. The molecule has 2 aromatic heterocycles. The molecule has 0 saturated carbocycles. The maximum Gasteiger partial charge on any atom is 0.116 e. The summed E-state index contributed by atoms with van der Waals surface area (Å²) >= 11 is 0. The quantitative estimate of drug-likeness (QED) is 0.578. The number of aryl methyl sites for hydroxylation is 2. The van der Waals surface area contributed by atoms with Gasteiger partial charge in [0, 0.05) is 22.0 Å². The molecule has 1 aliphatic heterocycles. The lowest BCUT2D eigenvalue weighted by molar-refractivity contribution is 0.0912. The molecular weight excluding hydrogens is 348 g/mol. The zero-order valence-electron chi connectivity index (χ0n) is 17.0. The van der Waals surface area contributed by atoms with Crippen molar-refractivity contribution in [3.63, 3.8) is 0 Å². The third kappa shape index (κ3) is 2.67. The van der Waals surface area contributed by atoms with E-state index < -0.39 is 0 Å². The number of fused-ring (bicyclic) bond motifs is 6. The Hall–Kier alpha value is -2.27. The number of hydrogen-bond acceptors (Lipinski definition) is 3. The van der Waals surface area contributed by atoms with Crippen LogP contribution in [0, 0.1) is 0 Å². The molecule has 0 bridgehead atoms. The Bertz CT molecular complexity index is 994. The Morgan fingerprint density at radius 3 is 2.79 bits per heavy atom. The zero-order chi connectivity index (χ0) is 19.1. The molecule has 5 heteroatoms. The summed E-state index contributed by atoms with van der Waals surface area (Å²) in [6.45, 7) is 5.95. The van der Waals surface area contributed by atoms with E-state index in [1.54, 1.807) is 0 Å². The minimum absolute atomic E-state index is 0.0954. The van der Waals surface area contributed by atoms with Crippen molar-refractivity contribution in [2.24, 2.45) is 0 Å². The summed E-state index contributed by atoms with van der Waals surface area (Å²) < 4.78 is 6.04. The van der Waals surface area contributed by atoms with Crippen LogP contribution in [-0.2, 0) is 23.0 Å². The standard InChI is InChI=1S/C23H30N4O/c1-3-8-23(9-4-2)13-28-14-24-20-10-17-16-7-5-6-15-12-25-27-21(15)22(16)26-19(17)11-18(20)23/h10-12,24,26H,3-9,13-14H2,1-2H3,(H,25,27). The number of ether oxygens (including phenoxy) is 1. The highest BCUT2D eigenvalue weighted by molar-refractivity contribution is 5.94. The van der Waals surface area contributed by atoms with E-state index in [0.29, 0.717) is 6.73 Å². The van der Waals surface area contributed by atoms with Gasteiger partial charge < -0.3 is 15.0 Å². The van der Waals surface area contributed by atoms with Gasteiger partial charge in [0.15, 0.2) is 0 Å². The Balaban J connectivity index is 1.73. The fraction of sp³-hybridized carbons (Fsp3) is 0.522. The van der Waals surface area contributed by atoms with Gasteiger partial charge in [0.25, 0.3) is 0 Å². The average Bonchev–Trinajstić information content (AvgIpc) is 3.20. The molecule has 2 aliphatic rings. The first-order valence-electron chi connectivity index (χ1n) is 10.8. The van der Waals surface area contributed by atoms with Crippen molar-refractivity contribution in [2.45, 2.75) is 64.2 Å². The summed E-state index contributed by atoms with van der Waals surface area (Å²) in [5.41, 5.74) is 9.15. The van der Waals surface area contributed by atoms with E-state index in [4.69, 9.17) is 4.74 Å². The summed E-state index contributed by atoms with van der Waals surface area (Å²) in [7, 11) is 0. The molecule has 28 heavy (non-hydrogen) atoms. The first-order valence-corrected chi connectivity index (χ1v) is 10.8. The van der Waals surface area contributed by atoms with Crippen molar-refractivity contribution in [2.75, 3.05) is 18.7 Å². The lowest BCUT2D eigenvalue weighted by atomic mass is 9.73. The van der Waals surface area contributed by atoms with Crippen LogP contribution in [-0.4, -0.2) is 28.5 Å². The molecule has 0 fully saturated rings. The molecule has 5 rings (SSSR count). The van der Waals surface area contributed by atoms with Crippen LogP contribution in [0.5, 0.6) is 0 Å². The topological polar surface area (TPSA) is 65.7 Å². The van der Waals surface area contributed by atoms with Gasteiger partial charge in [-0.3, -0.25) is 5.10 Å². The molecule has 3 heterocycles. The van der Waals surface area contributed by atoms with Crippen molar-refractivity contribution >= 4 is 16.6 Å². The maximum absolute atomic E-state index is 6.04. The Kier molecular flexibility index (Phi) is 4.43. The minimum atomic E-state index is 0.0954. The molecular formula is C23H30N4O. The van der Waals surface area contributed by atoms with Crippen molar-refractivity contribution in [3.05, 3.63) is 35.0 Å². The Morgan fingerprint density at radius 2 is 1.96 bits per heavy atom. The largest absolute Gasteiger partial charge is 0.362 e. The van der Waals surface area contributed by atoms with E-state index in [2.05, 4.69) is 46.5 Å². The van der Waals surface area contributed by atoms with Gasteiger partial charge in [0.2, 0.25) is 0 Å². The molecule has 0 radical (unpaired) electrons. The van der Waals surface area contributed by atoms with Gasteiger partial charge in [-0.05, 0) is 60.9 Å². The highest BCUT2D eigenvalue weighted by Crippen LogP contribution is 2.44. The highest BCUT2D eigenvalue weighted by atomic mass is 16.5. The Labute approximate surface area is 166 Å². The number of aromatic nitrogens is 3.